The topological polar surface area (TPSA) is 97.3 Å². The predicted molar refractivity (Wildman–Crippen MR) is 131 cm³/mol. The Balaban J connectivity index is 1.29. The Morgan fingerprint density at radius 3 is 2.57 bits per heavy atom. The molecule has 0 bridgehead atoms. The van der Waals surface area contributed by atoms with E-state index in [1.807, 2.05) is 67.0 Å². The summed E-state index contributed by atoms with van der Waals surface area (Å²) in [5.74, 6) is 0.809. The standard InChI is InChI=1S/C27H29N5O3/c1-27(2)19-15-34-25(18-11-7-4-8-12-18)35-20(19)13-21(27)32-16-29-22-23(32)30-26(28)31-24(22)33-14-17-9-5-3-6-10-17/h3-12,16,19-21,25H,13-15H2,1-2H3,(H2,28,30,31). The highest BCUT2D eigenvalue weighted by Crippen LogP contribution is 2.55. The first-order chi connectivity index (χ1) is 17.0. The van der Waals surface area contributed by atoms with Crippen LogP contribution in [0, 0.1) is 11.3 Å². The minimum atomic E-state index is -0.345. The smallest absolute Gasteiger partial charge is 0.247 e. The number of rotatable bonds is 5. The van der Waals surface area contributed by atoms with Gasteiger partial charge < -0.3 is 24.5 Å². The quantitative estimate of drug-likeness (QED) is 0.451. The third kappa shape index (κ3) is 3.92. The van der Waals surface area contributed by atoms with Crippen molar-refractivity contribution in [3.63, 3.8) is 0 Å². The zero-order valence-corrected chi connectivity index (χ0v) is 19.9. The molecule has 8 heteroatoms. The van der Waals surface area contributed by atoms with Crippen molar-refractivity contribution >= 4 is 17.1 Å². The molecule has 4 atom stereocenters. The SMILES string of the molecule is CC1(C)C2COC(c3ccccc3)OC2CC1n1cnc2c(OCc3ccccc3)nc(N)nc21. The van der Waals surface area contributed by atoms with Crippen LogP contribution >= 0.6 is 0 Å². The van der Waals surface area contributed by atoms with Crippen LogP contribution in [-0.4, -0.2) is 32.2 Å². The fourth-order valence-corrected chi connectivity index (χ4v) is 5.49. The molecule has 2 aliphatic rings. The summed E-state index contributed by atoms with van der Waals surface area (Å²) in [5, 5.41) is 0. The number of hydrogen-bond acceptors (Lipinski definition) is 7. The number of nitrogens with zero attached hydrogens (tertiary/aromatic N) is 4. The molecule has 4 unspecified atom stereocenters. The molecular weight excluding hydrogens is 442 g/mol. The number of benzene rings is 2. The number of imidazole rings is 1. The van der Waals surface area contributed by atoms with Gasteiger partial charge in [0.15, 0.2) is 17.5 Å². The first-order valence-corrected chi connectivity index (χ1v) is 12.0. The Hall–Kier alpha value is -3.49. The van der Waals surface area contributed by atoms with Gasteiger partial charge in [0, 0.05) is 17.5 Å². The van der Waals surface area contributed by atoms with E-state index in [1.54, 1.807) is 0 Å². The van der Waals surface area contributed by atoms with E-state index < -0.39 is 0 Å². The summed E-state index contributed by atoms with van der Waals surface area (Å²) in [7, 11) is 0. The lowest BCUT2D eigenvalue weighted by atomic mass is 9.78. The van der Waals surface area contributed by atoms with Crippen LogP contribution in [-0.2, 0) is 16.1 Å². The summed E-state index contributed by atoms with van der Waals surface area (Å²) in [6.45, 7) is 5.55. The Morgan fingerprint density at radius 2 is 1.80 bits per heavy atom. The predicted octanol–water partition coefficient (Wildman–Crippen LogP) is 4.69. The minimum Gasteiger partial charge on any atom is -0.471 e. The van der Waals surface area contributed by atoms with Crippen molar-refractivity contribution < 1.29 is 14.2 Å². The number of anilines is 1. The first kappa shape index (κ1) is 22.0. The summed E-state index contributed by atoms with van der Waals surface area (Å²) < 4.78 is 20.8. The lowest BCUT2D eigenvalue weighted by molar-refractivity contribution is -0.243. The van der Waals surface area contributed by atoms with Gasteiger partial charge in [-0.25, -0.2) is 4.98 Å². The zero-order chi connectivity index (χ0) is 24.0. The van der Waals surface area contributed by atoms with Crippen LogP contribution in [0.2, 0.25) is 0 Å². The maximum Gasteiger partial charge on any atom is 0.247 e. The van der Waals surface area contributed by atoms with Crippen molar-refractivity contribution in [1.29, 1.82) is 0 Å². The molecule has 2 N–H and O–H groups in total. The van der Waals surface area contributed by atoms with Gasteiger partial charge >= 0.3 is 0 Å². The van der Waals surface area contributed by atoms with Gasteiger partial charge in [-0.15, -0.1) is 0 Å². The van der Waals surface area contributed by atoms with E-state index in [-0.39, 0.29) is 35.7 Å². The minimum absolute atomic E-state index is 0.0689. The molecule has 180 valence electrons. The number of hydrogen-bond donors (Lipinski definition) is 1. The van der Waals surface area contributed by atoms with Gasteiger partial charge in [0.2, 0.25) is 11.8 Å². The van der Waals surface area contributed by atoms with Crippen LogP contribution in [0.3, 0.4) is 0 Å². The lowest BCUT2D eigenvalue weighted by Gasteiger charge is -2.39. The van der Waals surface area contributed by atoms with Crippen LogP contribution < -0.4 is 10.5 Å². The molecule has 2 fully saturated rings. The van der Waals surface area contributed by atoms with Crippen molar-refractivity contribution in [1.82, 2.24) is 19.5 Å². The van der Waals surface area contributed by atoms with Gasteiger partial charge in [-0.05, 0) is 17.4 Å². The second-order valence-electron chi connectivity index (χ2n) is 9.92. The highest BCUT2D eigenvalue weighted by atomic mass is 16.7. The van der Waals surface area contributed by atoms with Crippen molar-refractivity contribution in [2.24, 2.45) is 11.3 Å². The van der Waals surface area contributed by atoms with Gasteiger partial charge in [-0.3, -0.25) is 0 Å². The molecule has 4 aromatic rings. The van der Waals surface area contributed by atoms with Gasteiger partial charge in [0.05, 0.1) is 19.0 Å². The van der Waals surface area contributed by atoms with Crippen LogP contribution in [0.5, 0.6) is 5.88 Å². The number of aromatic nitrogens is 4. The second-order valence-corrected chi connectivity index (χ2v) is 9.92. The van der Waals surface area contributed by atoms with Crippen LogP contribution in [0.1, 0.15) is 43.7 Å². The zero-order valence-electron chi connectivity index (χ0n) is 19.9. The number of ether oxygens (including phenoxy) is 3. The fourth-order valence-electron chi connectivity index (χ4n) is 5.49. The molecule has 2 aromatic carbocycles. The molecule has 8 nitrogen and oxygen atoms in total. The molecule has 1 saturated carbocycles. The van der Waals surface area contributed by atoms with Crippen molar-refractivity contribution in [3.8, 4) is 5.88 Å². The molecule has 3 heterocycles. The maximum absolute atomic E-state index is 6.47. The summed E-state index contributed by atoms with van der Waals surface area (Å²) in [6.07, 6.45) is 2.38. The molecular formula is C27H29N5O3. The monoisotopic (exact) mass is 471 g/mol. The summed E-state index contributed by atoms with van der Waals surface area (Å²) in [4.78, 5) is 13.5. The third-order valence-electron chi connectivity index (χ3n) is 7.48. The Labute approximate surface area is 204 Å². The van der Waals surface area contributed by atoms with E-state index in [2.05, 4.69) is 33.4 Å². The number of nitrogens with two attached hydrogens (primary N) is 1. The summed E-state index contributed by atoms with van der Waals surface area (Å²) in [6, 6.07) is 20.2. The Morgan fingerprint density at radius 1 is 1.06 bits per heavy atom. The van der Waals surface area contributed by atoms with Crippen LogP contribution in [0.4, 0.5) is 5.95 Å². The Kier molecular flexibility index (Phi) is 5.42. The van der Waals surface area contributed by atoms with E-state index >= 15 is 0 Å². The van der Waals surface area contributed by atoms with Gasteiger partial charge in [-0.2, -0.15) is 9.97 Å². The lowest BCUT2D eigenvalue weighted by Crippen LogP contribution is -2.39. The molecule has 35 heavy (non-hydrogen) atoms. The molecule has 1 saturated heterocycles. The second kappa shape index (κ2) is 8.62. The number of fused-ring (bicyclic) bond motifs is 2. The average molecular weight is 472 g/mol. The summed E-state index contributed by atoms with van der Waals surface area (Å²) in [5.41, 5.74) is 9.37. The molecule has 1 aliphatic carbocycles. The fraction of sp³-hybridized carbons (Fsp3) is 0.370. The van der Waals surface area contributed by atoms with Crippen LogP contribution in [0.15, 0.2) is 67.0 Å². The molecule has 2 aromatic heterocycles. The van der Waals surface area contributed by atoms with Crippen molar-refractivity contribution in [3.05, 3.63) is 78.1 Å². The maximum atomic E-state index is 6.47. The van der Waals surface area contributed by atoms with E-state index in [9.17, 15) is 0 Å². The van der Waals surface area contributed by atoms with Gasteiger partial charge in [0.1, 0.15) is 6.61 Å². The van der Waals surface area contributed by atoms with Gasteiger partial charge in [0.25, 0.3) is 0 Å². The molecule has 0 spiro atoms. The number of nitrogen functional groups attached to an aromatic ring is 1. The molecule has 0 radical (unpaired) electrons. The molecule has 6 rings (SSSR count). The summed E-state index contributed by atoms with van der Waals surface area (Å²) >= 11 is 0. The van der Waals surface area contributed by atoms with E-state index in [0.29, 0.717) is 30.3 Å². The first-order valence-electron chi connectivity index (χ1n) is 12.0. The Bertz CT molecular complexity index is 1320. The average Bonchev–Trinajstić information content (AvgIpc) is 3.41. The third-order valence-corrected chi connectivity index (χ3v) is 7.48. The molecule has 1 aliphatic heterocycles. The van der Waals surface area contributed by atoms with E-state index in [0.717, 1.165) is 17.5 Å². The van der Waals surface area contributed by atoms with Crippen molar-refractivity contribution in [2.45, 2.75) is 45.3 Å². The van der Waals surface area contributed by atoms with Crippen LogP contribution in [0.25, 0.3) is 11.2 Å². The van der Waals surface area contributed by atoms with E-state index in [1.165, 1.54) is 0 Å². The normalized spacial score (nSPS) is 25.4. The van der Waals surface area contributed by atoms with Gasteiger partial charge in [-0.1, -0.05) is 74.5 Å². The highest BCUT2D eigenvalue weighted by molar-refractivity contribution is 5.77. The highest BCUT2D eigenvalue weighted by Gasteiger charge is 2.53. The van der Waals surface area contributed by atoms with E-state index in [4.69, 9.17) is 19.9 Å². The van der Waals surface area contributed by atoms with Crippen molar-refractivity contribution in [2.75, 3.05) is 12.3 Å². The largest absolute Gasteiger partial charge is 0.471 e. The molecule has 0 amide bonds.